The molecule has 1 heterocycles. The normalized spacial score (nSPS) is 23.2. The molecule has 0 amide bonds. The van der Waals surface area contributed by atoms with Crippen molar-refractivity contribution in [2.24, 2.45) is 18.2 Å². The highest BCUT2D eigenvalue weighted by molar-refractivity contribution is 5.07. The Morgan fingerprint density at radius 3 is 2.61 bits per heavy atom. The van der Waals surface area contributed by atoms with E-state index in [-0.39, 0.29) is 0 Å². The van der Waals surface area contributed by atoms with Gasteiger partial charge < -0.3 is 5.73 Å². The monoisotopic (exact) mass is 248 g/mol. The van der Waals surface area contributed by atoms with E-state index in [0.717, 1.165) is 24.6 Å². The lowest BCUT2D eigenvalue weighted by Crippen LogP contribution is -2.35. The summed E-state index contributed by atoms with van der Waals surface area (Å²) in [5.74, 6) is 2.85. The highest BCUT2D eigenvalue weighted by Gasteiger charge is 2.34. The number of rotatable bonds is 4. The molecule has 0 bridgehead atoms. The van der Waals surface area contributed by atoms with Gasteiger partial charge in [0.15, 0.2) is 5.82 Å². The van der Waals surface area contributed by atoms with E-state index in [0.29, 0.717) is 11.3 Å². The molecule has 3 rings (SSSR count). The molecule has 0 radical (unpaired) electrons. The predicted octanol–water partition coefficient (Wildman–Crippen LogP) is 2.14. The van der Waals surface area contributed by atoms with Crippen molar-refractivity contribution in [3.63, 3.8) is 0 Å². The quantitative estimate of drug-likeness (QED) is 0.888. The summed E-state index contributed by atoms with van der Waals surface area (Å²) in [6, 6.07) is 0. The van der Waals surface area contributed by atoms with Crippen molar-refractivity contribution < 1.29 is 0 Å². The zero-order chi connectivity index (χ0) is 12.6. The molecule has 2 saturated carbocycles. The van der Waals surface area contributed by atoms with Gasteiger partial charge in [0, 0.05) is 19.4 Å². The van der Waals surface area contributed by atoms with Gasteiger partial charge in [0.05, 0.1) is 0 Å². The van der Waals surface area contributed by atoms with Crippen LogP contribution < -0.4 is 5.73 Å². The molecule has 2 fully saturated rings. The maximum absolute atomic E-state index is 6.06. The van der Waals surface area contributed by atoms with Crippen molar-refractivity contribution in [3.8, 4) is 0 Å². The average molecular weight is 248 g/mol. The fraction of sp³-hybridized carbons (Fsp3) is 0.857. The number of nitrogens with zero attached hydrogens (tertiary/aromatic N) is 3. The third-order valence-corrected chi connectivity index (χ3v) is 4.69. The maximum atomic E-state index is 6.06. The summed E-state index contributed by atoms with van der Waals surface area (Å²) in [4.78, 5) is 4.76. The summed E-state index contributed by atoms with van der Waals surface area (Å²) in [5.41, 5.74) is 6.35. The van der Waals surface area contributed by atoms with E-state index in [1.807, 2.05) is 11.7 Å². The predicted molar refractivity (Wildman–Crippen MR) is 71.3 cm³/mol. The number of hydrogen-bond acceptors (Lipinski definition) is 3. The smallest absolute Gasteiger partial charge is 0.154 e. The Morgan fingerprint density at radius 1 is 1.28 bits per heavy atom. The molecule has 0 spiro atoms. The van der Waals surface area contributed by atoms with Gasteiger partial charge >= 0.3 is 0 Å². The first-order chi connectivity index (χ1) is 8.72. The van der Waals surface area contributed by atoms with Crippen molar-refractivity contribution >= 4 is 0 Å². The Labute approximate surface area is 109 Å². The summed E-state index contributed by atoms with van der Waals surface area (Å²) < 4.78 is 1.99. The fourth-order valence-corrected chi connectivity index (χ4v) is 3.20. The molecule has 2 N–H and O–H groups in total. The SMILES string of the molecule is Cn1nc(C2CC2)nc1CC1(CN)CCCCC1. The molecule has 18 heavy (non-hydrogen) atoms. The van der Waals surface area contributed by atoms with Crippen LogP contribution in [0.4, 0.5) is 0 Å². The molecule has 4 heteroatoms. The van der Waals surface area contributed by atoms with Crippen LogP contribution in [0.25, 0.3) is 0 Å². The van der Waals surface area contributed by atoms with Gasteiger partial charge in [-0.25, -0.2) is 4.98 Å². The van der Waals surface area contributed by atoms with E-state index in [1.165, 1.54) is 44.9 Å². The van der Waals surface area contributed by atoms with Crippen LogP contribution in [-0.4, -0.2) is 21.3 Å². The van der Waals surface area contributed by atoms with Crippen LogP contribution in [0.15, 0.2) is 0 Å². The van der Waals surface area contributed by atoms with Crippen molar-refractivity contribution in [2.45, 2.75) is 57.3 Å². The molecule has 2 aliphatic carbocycles. The van der Waals surface area contributed by atoms with Crippen LogP contribution in [0.5, 0.6) is 0 Å². The van der Waals surface area contributed by atoms with E-state index in [4.69, 9.17) is 10.7 Å². The van der Waals surface area contributed by atoms with Crippen LogP contribution >= 0.6 is 0 Å². The van der Waals surface area contributed by atoms with Gasteiger partial charge in [-0.05, 0) is 37.6 Å². The second-order valence-corrected chi connectivity index (χ2v) is 6.23. The topological polar surface area (TPSA) is 56.7 Å². The van der Waals surface area contributed by atoms with Gasteiger partial charge in [0.2, 0.25) is 0 Å². The second-order valence-electron chi connectivity index (χ2n) is 6.23. The first-order valence-corrected chi connectivity index (χ1v) is 7.32. The average Bonchev–Trinajstić information content (AvgIpc) is 3.17. The van der Waals surface area contributed by atoms with Crippen LogP contribution in [0.2, 0.25) is 0 Å². The minimum absolute atomic E-state index is 0.292. The molecule has 1 aromatic rings. The van der Waals surface area contributed by atoms with Crippen LogP contribution in [-0.2, 0) is 13.5 Å². The Balaban J connectivity index is 1.77. The molecule has 0 aliphatic heterocycles. The van der Waals surface area contributed by atoms with Crippen molar-refractivity contribution in [2.75, 3.05) is 6.54 Å². The van der Waals surface area contributed by atoms with E-state index < -0.39 is 0 Å². The van der Waals surface area contributed by atoms with Gasteiger partial charge in [-0.2, -0.15) is 5.10 Å². The standard InChI is InChI=1S/C14H24N4/c1-18-12(16-13(17-18)11-5-6-11)9-14(10-15)7-3-2-4-8-14/h11H,2-10,15H2,1H3. The zero-order valence-corrected chi connectivity index (χ0v) is 11.4. The first kappa shape index (κ1) is 12.2. The number of hydrogen-bond donors (Lipinski definition) is 1. The van der Waals surface area contributed by atoms with Crippen LogP contribution in [0, 0.1) is 5.41 Å². The molecule has 0 saturated heterocycles. The fourth-order valence-electron chi connectivity index (χ4n) is 3.20. The Morgan fingerprint density at radius 2 is 2.00 bits per heavy atom. The van der Waals surface area contributed by atoms with Crippen molar-refractivity contribution in [3.05, 3.63) is 11.6 Å². The number of nitrogens with two attached hydrogens (primary N) is 1. The van der Waals surface area contributed by atoms with Crippen LogP contribution in [0.3, 0.4) is 0 Å². The minimum atomic E-state index is 0.292. The largest absolute Gasteiger partial charge is 0.330 e. The molecule has 0 atom stereocenters. The van der Waals surface area contributed by atoms with Gasteiger partial charge in [0.1, 0.15) is 5.82 Å². The molecule has 4 nitrogen and oxygen atoms in total. The molecule has 0 aromatic carbocycles. The molecular formula is C14H24N4. The summed E-state index contributed by atoms with van der Waals surface area (Å²) in [7, 11) is 2.03. The molecular weight excluding hydrogens is 224 g/mol. The zero-order valence-electron chi connectivity index (χ0n) is 11.4. The molecule has 0 unspecified atom stereocenters. The maximum Gasteiger partial charge on any atom is 0.154 e. The lowest BCUT2D eigenvalue weighted by molar-refractivity contribution is 0.191. The summed E-state index contributed by atoms with van der Waals surface area (Å²) in [6.07, 6.45) is 10.1. The van der Waals surface area contributed by atoms with E-state index >= 15 is 0 Å². The van der Waals surface area contributed by atoms with Gasteiger partial charge in [0.25, 0.3) is 0 Å². The highest BCUT2D eigenvalue weighted by Crippen LogP contribution is 2.40. The Bertz CT molecular complexity index is 413. The lowest BCUT2D eigenvalue weighted by Gasteiger charge is -2.35. The van der Waals surface area contributed by atoms with Gasteiger partial charge in [-0.1, -0.05) is 19.3 Å². The lowest BCUT2D eigenvalue weighted by atomic mass is 9.72. The third-order valence-electron chi connectivity index (χ3n) is 4.69. The summed E-state index contributed by atoms with van der Waals surface area (Å²) in [6.45, 7) is 0.790. The van der Waals surface area contributed by atoms with E-state index in [9.17, 15) is 0 Å². The molecule has 100 valence electrons. The van der Waals surface area contributed by atoms with Crippen molar-refractivity contribution in [1.82, 2.24) is 14.8 Å². The van der Waals surface area contributed by atoms with Crippen LogP contribution in [0.1, 0.15) is 62.5 Å². The summed E-state index contributed by atoms with van der Waals surface area (Å²) in [5, 5.41) is 4.57. The third kappa shape index (κ3) is 2.30. The Kier molecular flexibility index (Phi) is 3.14. The second kappa shape index (κ2) is 4.65. The highest BCUT2D eigenvalue weighted by atomic mass is 15.3. The minimum Gasteiger partial charge on any atom is -0.330 e. The number of aryl methyl sites for hydroxylation is 1. The van der Waals surface area contributed by atoms with E-state index in [1.54, 1.807) is 0 Å². The van der Waals surface area contributed by atoms with Gasteiger partial charge in [-0.3, -0.25) is 4.68 Å². The molecule has 2 aliphatic rings. The summed E-state index contributed by atoms with van der Waals surface area (Å²) >= 11 is 0. The molecule has 1 aromatic heterocycles. The Hall–Kier alpha value is -0.900. The first-order valence-electron chi connectivity index (χ1n) is 7.32. The van der Waals surface area contributed by atoms with Crippen molar-refractivity contribution in [1.29, 1.82) is 0 Å². The number of aromatic nitrogens is 3. The van der Waals surface area contributed by atoms with E-state index in [2.05, 4.69) is 5.10 Å². The van der Waals surface area contributed by atoms with Gasteiger partial charge in [-0.15, -0.1) is 0 Å².